The van der Waals surface area contributed by atoms with Crippen LogP contribution in [0.3, 0.4) is 0 Å². The van der Waals surface area contributed by atoms with Gasteiger partial charge in [-0.05, 0) is 44.4 Å². The molecule has 0 aromatic carbocycles. The van der Waals surface area contributed by atoms with Gasteiger partial charge in [0.1, 0.15) is 6.61 Å². The second kappa shape index (κ2) is 8.27. The van der Waals surface area contributed by atoms with Crippen molar-refractivity contribution in [1.82, 2.24) is 0 Å². The van der Waals surface area contributed by atoms with Gasteiger partial charge in [-0.2, -0.15) is 0 Å². The molecule has 5 heteroatoms. The van der Waals surface area contributed by atoms with Gasteiger partial charge in [0, 0.05) is 12.5 Å². The second-order valence-corrected chi connectivity index (χ2v) is 7.08. The third-order valence-corrected chi connectivity index (χ3v) is 4.77. The smallest absolute Gasteiger partial charge is 0.332 e. The monoisotopic (exact) mass is 314 g/mol. The maximum absolute atomic E-state index is 11.5. The lowest BCUT2D eigenvalue weighted by molar-refractivity contribution is -0.152. The van der Waals surface area contributed by atoms with E-state index < -0.39 is 0 Å². The first-order valence-corrected chi connectivity index (χ1v) is 8.54. The molecule has 0 spiro atoms. The van der Waals surface area contributed by atoms with Gasteiger partial charge in [-0.15, -0.1) is 0 Å². The van der Waals surface area contributed by atoms with E-state index in [4.69, 9.17) is 14.2 Å². The highest BCUT2D eigenvalue weighted by Gasteiger charge is 2.47. The third kappa shape index (κ3) is 4.67. The fourth-order valence-corrected chi connectivity index (χ4v) is 3.55. The molecule has 128 valence electrons. The van der Waals surface area contributed by atoms with Crippen LogP contribution in [0.25, 0.3) is 0 Å². The lowest BCUT2D eigenvalue weighted by atomic mass is 9.77. The zero-order valence-electron chi connectivity index (χ0n) is 14.0. The molecule has 2 saturated heterocycles. The van der Waals surface area contributed by atoms with Crippen LogP contribution in [0.1, 0.15) is 46.5 Å². The number of hydrogen-bond donors (Lipinski definition) is 1. The van der Waals surface area contributed by atoms with Crippen molar-refractivity contribution >= 4 is 5.97 Å². The minimum absolute atomic E-state index is 0.0184. The molecule has 0 aliphatic carbocycles. The molecule has 2 fully saturated rings. The van der Waals surface area contributed by atoms with Crippen molar-refractivity contribution in [3.63, 3.8) is 0 Å². The van der Waals surface area contributed by atoms with Crippen molar-refractivity contribution in [2.24, 2.45) is 17.8 Å². The van der Waals surface area contributed by atoms with Crippen molar-refractivity contribution in [3.8, 4) is 0 Å². The van der Waals surface area contributed by atoms with Gasteiger partial charge >= 0.3 is 5.97 Å². The number of fused-ring (bicyclic) bond motifs is 2. The van der Waals surface area contributed by atoms with Crippen LogP contribution in [-0.4, -0.2) is 49.2 Å². The number of rotatable bonds is 9. The number of aliphatic hydroxyl groups is 1. The Hall–Kier alpha value is -0.650. The van der Waals surface area contributed by atoms with Gasteiger partial charge in [0.25, 0.3) is 0 Å². The SMILES string of the molecule is CC(C)COC(=O)COC(C)CCC1C2CCC(O2)C1CO. The Labute approximate surface area is 133 Å². The molecule has 0 aromatic heterocycles. The summed E-state index contributed by atoms with van der Waals surface area (Å²) >= 11 is 0. The Morgan fingerprint density at radius 1 is 1.23 bits per heavy atom. The summed E-state index contributed by atoms with van der Waals surface area (Å²) in [5.41, 5.74) is 0. The van der Waals surface area contributed by atoms with Gasteiger partial charge in [0.2, 0.25) is 0 Å². The van der Waals surface area contributed by atoms with Gasteiger partial charge in [-0.25, -0.2) is 4.79 Å². The number of hydrogen-bond acceptors (Lipinski definition) is 5. The quantitative estimate of drug-likeness (QED) is 0.661. The molecule has 22 heavy (non-hydrogen) atoms. The van der Waals surface area contributed by atoms with Crippen LogP contribution >= 0.6 is 0 Å². The summed E-state index contributed by atoms with van der Waals surface area (Å²) in [6.45, 7) is 6.67. The van der Waals surface area contributed by atoms with E-state index in [0.29, 0.717) is 24.5 Å². The Bertz CT molecular complexity index is 357. The molecule has 5 nitrogen and oxygen atoms in total. The normalized spacial score (nSPS) is 31.7. The summed E-state index contributed by atoms with van der Waals surface area (Å²) in [5.74, 6) is 0.760. The van der Waals surface area contributed by atoms with Crippen LogP contribution in [0.4, 0.5) is 0 Å². The topological polar surface area (TPSA) is 65.0 Å². The van der Waals surface area contributed by atoms with Crippen LogP contribution in [0, 0.1) is 17.8 Å². The zero-order valence-corrected chi connectivity index (χ0v) is 14.0. The molecule has 2 aliphatic heterocycles. The number of carbonyl (C=O) groups excluding carboxylic acids is 1. The molecule has 0 amide bonds. The first-order chi connectivity index (χ1) is 10.5. The maximum atomic E-state index is 11.5. The Balaban J connectivity index is 1.63. The van der Waals surface area contributed by atoms with Crippen LogP contribution < -0.4 is 0 Å². The molecule has 2 aliphatic rings. The summed E-state index contributed by atoms with van der Waals surface area (Å²) in [6, 6.07) is 0. The Kier molecular flexibility index (Phi) is 6.66. The Morgan fingerprint density at radius 3 is 2.55 bits per heavy atom. The van der Waals surface area contributed by atoms with E-state index in [1.54, 1.807) is 0 Å². The fraction of sp³-hybridized carbons (Fsp3) is 0.941. The maximum Gasteiger partial charge on any atom is 0.332 e. The van der Waals surface area contributed by atoms with E-state index in [1.807, 2.05) is 20.8 Å². The molecular weight excluding hydrogens is 284 g/mol. The van der Waals surface area contributed by atoms with Gasteiger partial charge in [0.05, 0.1) is 24.9 Å². The minimum atomic E-state index is -0.294. The average molecular weight is 314 g/mol. The van der Waals surface area contributed by atoms with Crippen LogP contribution in [-0.2, 0) is 19.0 Å². The molecule has 5 unspecified atom stereocenters. The van der Waals surface area contributed by atoms with Gasteiger partial charge in [0.15, 0.2) is 0 Å². The fourth-order valence-electron chi connectivity index (χ4n) is 3.55. The van der Waals surface area contributed by atoms with Crippen LogP contribution in [0.2, 0.25) is 0 Å². The van der Waals surface area contributed by atoms with E-state index in [9.17, 15) is 9.90 Å². The molecule has 0 saturated carbocycles. The molecule has 2 bridgehead atoms. The summed E-state index contributed by atoms with van der Waals surface area (Å²) in [5, 5.41) is 9.53. The zero-order chi connectivity index (χ0) is 16.1. The van der Waals surface area contributed by atoms with E-state index in [2.05, 4.69) is 0 Å². The molecule has 2 heterocycles. The standard InChI is InChI=1S/C17H30O5/c1-11(2)9-21-17(19)10-20-12(3)4-5-13-14(8-18)16-7-6-15(13)22-16/h11-16,18H,4-10H2,1-3H3. The minimum Gasteiger partial charge on any atom is -0.464 e. The molecule has 1 N–H and O–H groups in total. The van der Waals surface area contributed by atoms with Crippen LogP contribution in [0.15, 0.2) is 0 Å². The summed E-state index contributed by atoms with van der Waals surface area (Å²) in [4.78, 5) is 11.5. The molecule has 5 atom stereocenters. The molecule has 0 aromatic rings. The number of carbonyl (C=O) groups is 1. The molecular formula is C17H30O5. The number of aliphatic hydroxyl groups excluding tert-OH is 1. The molecule has 0 radical (unpaired) electrons. The van der Waals surface area contributed by atoms with E-state index in [-0.39, 0.29) is 37.3 Å². The van der Waals surface area contributed by atoms with Gasteiger partial charge in [-0.1, -0.05) is 13.8 Å². The summed E-state index contributed by atoms with van der Waals surface area (Å²) < 4.78 is 16.6. The average Bonchev–Trinajstić information content (AvgIpc) is 3.09. The van der Waals surface area contributed by atoms with Crippen LogP contribution in [0.5, 0.6) is 0 Å². The number of ether oxygens (including phenoxy) is 3. The largest absolute Gasteiger partial charge is 0.464 e. The van der Waals surface area contributed by atoms with E-state index >= 15 is 0 Å². The lowest BCUT2D eigenvalue weighted by Crippen LogP contribution is -2.30. The molecule has 2 rings (SSSR count). The predicted octanol–water partition coefficient (Wildman–Crippen LogP) is 2.16. The highest BCUT2D eigenvalue weighted by molar-refractivity contribution is 5.70. The third-order valence-electron chi connectivity index (χ3n) is 4.77. The lowest BCUT2D eigenvalue weighted by Gasteiger charge is -2.27. The van der Waals surface area contributed by atoms with Crippen molar-refractivity contribution in [1.29, 1.82) is 0 Å². The van der Waals surface area contributed by atoms with Crippen molar-refractivity contribution in [2.45, 2.75) is 64.8 Å². The van der Waals surface area contributed by atoms with Crippen molar-refractivity contribution in [2.75, 3.05) is 19.8 Å². The van der Waals surface area contributed by atoms with Gasteiger partial charge < -0.3 is 19.3 Å². The summed E-state index contributed by atoms with van der Waals surface area (Å²) in [6.07, 6.45) is 4.64. The first-order valence-electron chi connectivity index (χ1n) is 8.54. The van der Waals surface area contributed by atoms with E-state index in [0.717, 1.165) is 25.7 Å². The van der Waals surface area contributed by atoms with Gasteiger partial charge in [-0.3, -0.25) is 0 Å². The number of esters is 1. The Morgan fingerprint density at radius 2 is 1.91 bits per heavy atom. The van der Waals surface area contributed by atoms with E-state index in [1.165, 1.54) is 0 Å². The summed E-state index contributed by atoms with van der Waals surface area (Å²) in [7, 11) is 0. The second-order valence-electron chi connectivity index (χ2n) is 7.08. The first kappa shape index (κ1) is 17.7. The predicted molar refractivity (Wildman–Crippen MR) is 82.4 cm³/mol. The highest BCUT2D eigenvalue weighted by Crippen LogP contribution is 2.45. The van der Waals surface area contributed by atoms with Crippen molar-refractivity contribution < 1.29 is 24.1 Å². The highest BCUT2D eigenvalue weighted by atomic mass is 16.6. The van der Waals surface area contributed by atoms with Crippen molar-refractivity contribution in [3.05, 3.63) is 0 Å².